The molecule has 0 aromatic heterocycles. The molecule has 0 unspecified atom stereocenters. The number of para-hydroxylation sites is 1. The number of hydrogen-bond acceptors (Lipinski definition) is 3. The summed E-state index contributed by atoms with van der Waals surface area (Å²) in [5.41, 5.74) is 3.18. The summed E-state index contributed by atoms with van der Waals surface area (Å²) in [5.74, 6) is 0.104. The van der Waals surface area contributed by atoms with Crippen LogP contribution in [0.2, 0.25) is 0 Å². The van der Waals surface area contributed by atoms with Crippen LogP contribution >= 0.6 is 0 Å². The molecule has 2 aromatic rings. The molecule has 1 heterocycles. The third kappa shape index (κ3) is 3.34. The average Bonchev–Trinajstić information content (AvgIpc) is 3.04. The predicted octanol–water partition coefficient (Wildman–Crippen LogP) is 2.12. The highest BCUT2D eigenvalue weighted by atomic mass is 32.2. The lowest BCUT2D eigenvalue weighted by Gasteiger charge is -2.17. The molecule has 0 aliphatic carbocycles. The van der Waals surface area contributed by atoms with Crippen molar-refractivity contribution in [3.63, 3.8) is 0 Å². The molecule has 1 N–H and O–H groups in total. The Bertz CT molecular complexity index is 845. The molecule has 6 heteroatoms. The number of carbonyl (C=O) groups is 1. The second-order valence-corrected chi connectivity index (χ2v) is 7.66. The van der Waals surface area contributed by atoms with Gasteiger partial charge in [0.2, 0.25) is 15.9 Å². The molecule has 3 rings (SSSR count). The predicted molar refractivity (Wildman–Crippen MR) is 93.5 cm³/mol. The maximum Gasteiger partial charge on any atom is 0.240 e. The second-order valence-electron chi connectivity index (χ2n) is 5.78. The van der Waals surface area contributed by atoms with Gasteiger partial charge in [-0.3, -0.25) is 4.79 Å². The Hall–Kier alpha value is -2.18. The summed E-state index contributed by atoms with van der Waals surface area (Å²) in [6.45, 7) is 0.734. The van der Waals surface area contributed by atoms with Crippen LogP contribution in [0.3, 0.4) is 0 Å². The number of nitrogens with zero attached hydrogens (tertiary/aromatic N) is 1. The van der Waals surface area contributed by atoms with Gasteiger partial charge in [0.05, 0.1) is 4.90 Å². The number of rotatable bonds is 5. The van der Waals surface area contributed by atoms with Gasteiger partial charge in [0.1, 0.15) is 0 Å². The monoisotopic (exact) mass is 344 g/mol. The van der Waals surface area contributed by atoms with E-state index in [2.05, 4.69) is 10.8 Å². The zero-order valence-corrected chi connectivity index (χ0v) is 14.3. The average molecular weight is 344 g/mol. The van der Waals surface area contributed by atoms with E-state index in [1.54, 1.807) is 24.3 Å². The third-order valence-corrected chi connectivity index (χ3v) is 5.75. The number of benzene rings is 2. The van der Waals surface area contributed by atoms with Crippen molar-refractivity contribution in [2.24, 2.45) is 0 Å². The molecular formula is C18H20N2O3S. The molecule has 1 amide bonds. The number of amides is 1. The zero-order chi connectivity index (χ0) is 17.2. The number of anilines is 1. The number of carbonyl (C=O) groups excluding carboxylic acids is 1. The van der Waals surface area contributed by atoms with Crippen molar-refractivity contribution in [1.29, 1.82) is 0 Å². The van der Waals surface area contributed by atoms with Crippen molar-refractivity contribution in [1.82, 2.24) is 4.72 Å². The maximum absolute atomic E-state index is 12.5. The molecule has 1 aliphatic rings. The topological polar surface area (TPSA) is 66.5 Å². The van der Waals surface area contributed by atoms with Crippen molar-refractivity contribution in [2.45, 2.75) is 24.2 Å². The molecule has 0 spiro atoms. The SMILES string of the molecule is CNS(=O)(=O)c1ccc(CCC(=O)N2CCc3ccccc32)cc1. The highest BCUT2D eigenvalue weighted by molar-refractivity contribution is 7.89. The molecule has 24 heavy (non-hydrogen) atoms. The van der Waals surface area contributed by atoms with Crippen molar-refractivity contribution in [3.8, 4) is 0 Å². The van der Waals surface area contributed by atoms with Gasteiger partial charge in [0.15, 0.2) is 0 Å². The minimum atomic E-state index is -3.42. The van der Waals surface area contributed by atoms with Gasteiger partial charge in [-0.25, -0.2) is 13.1 Å². The minimum absolute atomic E-state index is 0.104. The third-order valence-electron chi connectivity index (χ3n) is 4.32. The summed E-state index contributed by atoms with van der Waals surface area (Å²) in [7, 11) is -2.03. The quantitative estimate of drug-likeness (QED) is 0.903. The number of aryl methyl sites for hydroxylation is 1. The van der Waals surface area contributed by atoms with Crippen molar-refractivity contribution < 1.29 is 13.2 Å². The van der Waals surface area contributed by atoms with Gasteiger partial charge in [0.25, 0.3) is 0 Å². The minimum Gasteiger partial charge on any atom is -0.312 e. The molecular weight excluding hydrogens is 324 g/mol. The second kappa shape index (κ2) is 6.75. The van der Waals surface area contributed by atoms with Crippen molar-refractivity contribution in [3.05, 3.63) is 59.7 Å². The number of hydrogen-bond donors (Lipinski definition) is 1. The van der Waals surface area contributed by atoms with E-state index in [-0.39, 0.29) is 10.8 Å². The molecule has 2 aromatic carbocycles. The molecule has 0 saturated heterocycles. The Balaban J connectivity index is 1.63. The van der Waals surface area contributed by atoms with Crippen LogP contribution in [-0.2, 0) is 27.7 Å². The fourth-order valence-electron chi connectivity index (χ4n) is 2.94. The van der Waals surface area contributed by atoms with Crippen molar-refractivity contribution in [2.75, 3.05) is 18.5 Å². The van der Waals surface area contributed by atoms with Gasteiger partial charge in [-0.1, -0.05) is 30.3 Å². The van der Waals surface area contributed by atoms with Crippen molar-refractivity contribution >= 4 is 21.6 Å². The molecule has 126 valence electrons. The van der Waals surface area contributed by atoms with E-state index in [0.717, 1.165) is 24.2 Å². The van der Waals surface area contributed by atoms with Crippen LogP contribution in [-0.4, -0.2) is 27.9 Å². The van der Waals surface area contributed by atoms with Crippen LogP contribution < -0.4 is 9.62 Å². The van der Waals surface area contributed by atoms with Gasteiger partial charge in [-0.2, -0.15) is 0 Å². The van der Waals surface area contributed by atoms with Crippen LogP contribution in [0.15, 0.2) is 53.4 Å². The molecule has 0 radical (unpaired) electrons. The van der Waals surface area contributed by atoms with E-state index in [0.29, 0.717) is 12.8 Å². The Morgan fingerprint density at radius 3 is 2.54 bits per heavy atom. The molecule has 0 bridgehead atoms. The Morgan fingerprint density at radius 2 is 1.83 bits per heavy atom. The smallest absolute Gasteiger partial charge is 0.240 e. The summed E-state index contributed by atoms with van der Waals surface area (Å²) in [6.07, 6.45) is 1.91. The maximum atomic E-state index is 12.5. The van der Waals surface area contributed by atoms with Crippen LogP contribution in [0.5, 0.6) is 0 Å². The number of fused-ring (bicyclic) bond motifs is 1. The summed E-state index contributed by atoms with van der Waals surface area (Å²) in [6, 6.07) is 14.6. The Labute approximate surface area is 142 Å². The largest absolute Gasteiger partial charge is 0.312 e. The summed E-state index contributed by atoms with van der Waals surface area (Å²) in [5, 5.41) is 0. The zero-order valence-electron chi connectivity index (χ0n) is 13.5. The summed E-state index contributed by atoms with van der Waals surface area (Å²) in [4.78, 5) is 14.5. The highest BCUT2D eigenvalue weighted by Gasteiger charge is 2.23. The van der Waals surface area contributed by atoms with Gasteiger partial charge in [0, 0.05) is 18.7 Å². The lowest BCUT2D eigenvalue weighted by Crippen LogP contribution is -2.29. The first kappa shape index (κ1) is 16.7. The van der Waals surface area contributed by atoms with Gasteiger partial charge in [-0.15, -0.1) is 0 Å². The van der Waals surface area contributed by atoms with E-state index >= 15 is 0 Å². The van der Waals surface area contributed by atoms with Crippen LogP contribution in [0.4, 0.5) is 5.69 Å². The first-order valence-corrected chi connectivity index (χ1v) is 9.40. The summed E-state index contributed by atoms with van der Waals surface area (Å²) < 4.78 is 25.7. The van der Waals surface area contributed by atoms with E-state index in [1.807, 2.05) is 23.1 Å². The van der Waals surface area contributed by atoms with E-state index in [4.69, 9.17) is 0 Å². The number of sulfonamides is 1. The van der Waals surface area contributed by atoms with Crippen LogP contribution in [0.1, 0.15) is 17.5 Å². The summed E-state index contributed by atoms with van der Waals surface area (Å²) >= 11 is 0. The Morgan fingerprint density at radius 1 is 1.12 bits per heavy atom. The van der Waals surface area contributed by atoms with E-state index in [9.17, 15) is 13.2 Å². The molecule has 5 nitrogen and oxygen atoms in total. The number of nitrogens with one attached hydrogen (secondary N) is 1. The van der Waals surface area contributed by atoms with Crippen LogP contribution in [0.25, 0.3) is 0 Å². The van der Waals surface area contributed by atoms with Gasteiger partial charge in [-0.05, 0) is 49.2 Å². The first-order valence-electron chi connectivity index (χ1n) is 7.92. The Kier molecular flexibility index (Phi) is 4.69. The fourth-order valence-corrected chi connectivity index (χ4v) is 3.67. The normalized spacial score (nSPS) is 13.8. The lowest BCUT2D eigenvalue weighted by molar-refractivity contribution is -0.118. The highest BCUT2D eigenvalue weighted by Crippen LogP contribution is 2.28. The molecule has 1 aliphatic heterocycles. The fraction of sp³-hybridized carbons (Fsp3) is 0.278. The van der Waals surface area contributed by atoms with E-state index < -0.39 is 10.0 Å². The van der Waals surface area contributed by atoms with Crippen LogP contribution in [0, 0.1) is 0 Å². The first-order chi connectivity index (χ1) is 11.5. The lowest BCUT2D eigenvalue weighted by atomic mass is 10.1. The van der Waals surface area contributed by atoms with E-state index in [1.165, 1.54) is 12.6 Å². The molecule has 0 saturated carbocycles. The van der Waals surface area contributed by atoms with Gasteiger partial charge >= 0.3 is 0 Å². The molecule has 0 fully saturated rings. The standard InChI is InChI=1S/C18H20N2O3S/c1-19-24(22,23)16-9-6-14(7-10-16)8-11-18(21)20-13-12-15-4-2-3-5-17(15)20/h2-7,9-10,19H,8,11-13H2,1H3. The van der Waals surface area contributed by atoms with Gasteiger partial charge < -0.3 is 4.90 Å². The molecule has 0 atom stereocenters.